The third kappa shape index (κ3) is 2.42. The first-order chi connectivity index (χ1) is 5.72. The lowest BCUT2D eigenvalue weighted by atomic mass is 10.2. The normalized spacial score (nSPS) is 15.8. The summed E-state index contributed by atoms with van der Waals surface area (Å²) in [6.07, 6.45) is 5.89. The van der Waals surface area contributed by atoms with Crippen molar-refractivity contribution in [3.8, 4) is 0 Å². The summed E-state index contributed by atoms with van der Waals surface area (Å²) in [4.78, 5) is 12.8. The molecule has 1 aliphatic rings. The topological polar surface area (TPSA) is 32.3 Å². The zero-order valence-corrected chi connectivity index (χ0v) is 7.50. The molecule has 0 saturated carbocycles. The van der Waals surface area contributed by atoms with E-state index in [2.05, 4.69) is 5.32 Å². The van der Waals surface area contributed by atoms with Gasteiger partial charge in [-0.15, -0.1) is 0 Å². The van der Waals surface area contributed by atoms with Crippen molar-refractivity contribution < 1.29 is 4.79 Å². The molecule has 0 fully saturated rings. The second-order valence-electron chi connectivity index (χ2n) is 2.89. The van der Waals surface area contributed by atoms with Crippen LogP contribution in [-0.2, 0) is 4.79 Å². The molecule has 0 aromatic heterocycles. The summed E-state index contributed by atoms with van der Waals surface area (Å²) in [5.74, 6) is 0.192. The van der Waals surface area contributed by atoms with E-state index in [-0.39, 0.29) is 5.78 Å². The van der Waals surface area contributed by atoms with E-state index in [9.17, 15) is 4.79 Å². The van der Waals surface area contributed by atoms with Crippen molar-refractivity contribution in [3.05, 3.63) is 24.0 Å². The smallest absolute Gasteiger partial charge is 0.149 e. The summed E-state index contributed by atoms with van der Waals surface area (Å²) in [6, 6.07) is 0. The highest BCUT2D eigenvalue weighted by Crippen LogP contribution is 2.03. The number of hydrogen-bond acceptors (Lipinski definition) is 3. The Kier molecular flexibility index (Phi) is 2.91. The molecule has 1 N–H and O–H groups in total. The quantitative estimate of drug-likeness (QED) is 0.663. The molecule has 3 nitrogen and oxygen atoms in total. The van der Waals surface area contributed by atoms with Gasteiger partial charge in [0.25, 0.3) is 0 Å². The minimum atomic E-state index is 0.192. The van der Waals surface area contributed by atoms with E-state index in [0.29, 0.717) is 6.54 Å². The van der Waals surface area contributed by atoms with E-state index in [4.69, 9.17) is 0 Å². The van der Waals surface area contributed by atoms with Crippen molar-refractivity contribution in [2.45, 2.75) is 6.92 Å². The molecule has 0 aromatic carbocycles. The number of carbonyl (C=O) groups excluding carboxylic acids is 1. The Hall–Kier alpha value is -1.25. The first-order valence-electron chi connectivity index (χ1n) is 4.01. The molecule has 3 heteroatoms. The lowest BCUT2D eigenvalue weighted by Crippen LogP contribution is -2.30. The largest absolute Gasteiger partial charge is 0.390 e. The molecule has 0 radical (unpaired) electrons. The highest BCUT2D eigenvalue weighted by molar-refractivity contribution is 5.77. The van der Waals surface area contributed by atoms with Gasteiger partial charge in [0.15, 0.2) is 0 Å². The molecule has 0 aromatic rings. The molecule has 0 unspecified atom stereocenters. The minimum Gasteiger partial charge on any atom is -0.390 e. The van der Waals surface area contributed by atoms with Crippen LogP contribution in [0.4, 0.5) is 0 Å². The summed E-state index contributed by atoms with van der Waals surface area (Å²) in [5, 5.41) is 3.06. The third-order valence-corrected chi connectivity index (χ3v) is 1.71. The standard InChI is InChI=1S/C9H14N2O/c1-8(12)6-11-5-3-4-9(7-11)10-2/h3-5,10H,6-7H2,1-2H3. The Labute approximate surface area is 72.7 Å². The van der Waals surface area contributed by atoms with Gasteiger partial charge in [-0.05, 0) is 25.3 Å². The second-order valence-corrected chi connectivity index (χ2v) is 2.89. The molecular formula is C9H14N2O. The van der Waals surface area contributed by atoms with E-state index >= 15 is 0 Å². The Morgan fingerprint density at radius 3 is 3.08 bits per heavy atom. The van der Waals surface area contributed by atoms with Crippen LogP contribution in [-0.4, -0.2) is 30.8 Å². The highest BCUT2D eigenvalue weighted by atomic mass is 16.1. The molecule has 0 saturated heterocycles. The van der Waals surface area contributed by atoms with E-state index in [1.807, 2.05) is 30.3 Å². The van der Waals surface area contributed by atoms with Gasteiger partial charge in [0.05, 0.1) is 13.1 Å². The van der Waals surface area contributed by atoms with Crippen LogP contribution in [0.3, 0.4) is 0 Å². The van der Waals surface area contributed by atoms with E-state index < -0.39 is 0 Å². The Balaban J connectivity index is 2.47. The van der Waals surface area contributed by atoms with Gasteiger partial charge in [-0.1, -0.05) is 0 Å². The molecule has 0 aliphatic carbocycles. The maximum absolute atomic E-state index is 10.8. The molecular weight excluding hydrogens is 152 g/mol. The summed E-state index contributed by atoms with van der Waals surface area (Å²) in [7, 11) is 1.89. The fraction of sp³-hybridized carbons (Fsp3) is 0.444. The first kappa shape index (κ1) is 8.84. The molecule has 12 heavy (non-hydrogen) atoms. The van der Waals surface area contributed by atoms with Crippen LogP contribution < -0.4 is 5.32 Å². The summed E-state index contributed by atoms with van der Waals surface area (Å²) in [5.41, 5.74) is 1.14. The van der Waals surface area contributed by atoms with Crippen molar-refractivity contribution in [2.24, 2.45) is 0 Å². The minimum absolute atomic E-state index is 0.192. The SMILES string of the molecule is CNC1=CC=CN(CC(C)=O)C1. The Morgan fingerprint density at radius 1 is 1.75 bits per heavy atom. The van der Waals surface area contributed by atoms with Gasteiger partial charge in [-0.2, -0.15) is 0 Å². The van der Waals surface area contributed by atoms with Crippen LogP contribution in [0.2, 0.25) is 0 Å². The number of nitrogens with zero attached hydrogens (tertiary/aromatic N) is 1. The van der Waals surface area contributed by atoms with Crippen molar-refractivity contribution in [3.63, 3.8) is 0 Å². The second kappa shape index (κ2) is 3.95. The molecule has 1 heterocycles. The summed E-state index contributed by atoms with van der Waals surface area (Å²) < 4.78 is 0. The molecule has 0 amide bonds. The van der Waals surface area contributed by atoms with Crippen molar-refractivity contribution in [1.29, 1.82) is 0 Å². The van der Waals surface area contributed by atoms with Gasteiger partial charge >= 0.3 is 0 Å². The van der Waals surface area contributed by atoms with Gasteiger partial charge in [0.2, 0.25) is 0 Å². The van der Waals surface area contributed by atoms with Crippen LogP contribution in [0.15, 0.2) is 24.0 Å². The zero-order valence-electron chi connectivity index (χ0n) is 7.50. The van der Waals surface area contributed by atoms with Crippen LogP contribution in [0.1, 0.15) is 6.92 Å². The number of carbonyl (C=O) groups is 1. The fourth-order valence-corrected chi connectivity index (χ4v) is 1.16. The lowest BCUT2D eigenvalue weighted by molar-refractivity contribution is -0.117. The molecule has 66 valence electrons. The first-order valence-corrected chi connectivity index (χ1v) is 4.01. The average Bonchev–Trinajstić information content (AvgIpc) is 2.03. The fourth-order valence-electron chi connectivity index (χ4n) is 1.16. The number of Topliss-reactive ketones (excluding diaryl/α,β-unsaturated/α-hetero) is 1. The van der Waals surface area contributed by atoms with E-state index in [0.717, 1.165) is 12.2 Å². The zero-order chi connectivity index (χ0) is 8.97. The van der Waals surface area contributed by atoms with Crippen molar-refractivity contribution in [2.75, 3.05) is 20.1 Å². The maximum atomic E-state index is 10.8. The van der Waals surface area contributed by atoms with Gasteiger partial charge in [0.1, 0.15) is 5.78 Å². The average molecular weight is 166 g/mol. The third-order valence-electron chi connectivity index (χ3n) is 1.71. The van der Waals surface area contributed by atoms with Crippen molar-refractivity contribution in [1.82, 2.24) is 10.2 Å². The van der Waals surface area contributed by atoms with Crippen LogP contribution >= 0.6 is 0 Å². The number of rotatable bonds is 3. The van der Waals surface area contributed by atoms with Gasteiger partial charge in [-0.25, -0.2) is 0 Å². The molecule has 0 spiro atoms. The Morgan fingerprint density at radius 2 is 2.50 bits per heavy atom. The molecule has 0 bridgehead atoms. The highest BCUT2D eigenvalue weighted by Gasteiger charge is 2.07. The van der Waals surface area contributed by atoms with E-state index in [1.54, 1.807) is 6.92 Å². The molecule has 0 atom stereocenters. The maximum Gasteiger partial charge on any atom is 0.149 e. The number of nitrogens with one attached hydrogen (secondary N) is 1. The van der Waals surface area contributed by atoms with Crippen molar-refractivity contribution >= 4 is 5.78 Å². The summed E-state index contributed by atoms with van der Waals surface area (Å²) >= 11 is 0. The van der Waals surface area contributed by atoms with Gasteiger partial charge in [-0.3, -0.25) is 4.79 Å². The lowest BCUT2D eigenvalue weighted by Gasteiger charge is -2.23. The Bertz CT molecular complexity index is 231. The van der Waals surface area contributed by atoms with Crippen LogP contribution in [0.5, 0.6) is 0 Å². The predicted molar refractivity (Wildman–Crippen MR) is 48.5 cm³/mol. The molecule has 1 aliphatic heterocycles. The van der Waals surface area contributed by atoms with Gasteiger partial charge < -0.3 is 10.2 Å². The van der Waals surface area contributed by atoms with Gasteiger partial charge in [0, 0.05) is 12.7 Å². The number of ketones is 1. The number of allylic oxidation sites excluding steroid dienone is 2. The monoisotopic (exact) mass is 166 g/mol. The van der Waals surface area contributed by atoms with Crippen LogP contribution in [0.25, 0.3) is 0 Å². The van der Waals surface area contributed by atoms with E-state index in [1.165, 1.54) is 0 Å². The predicted octanol–water partition coefficient (Wildman–Crippen LogP) is 0.508. The number of hydrogen-bond donors (Lipinski definition) is 1. The summed E-state index contributed by atoms with van der Waals surface area (Å²) in [6.45, 7) is 2.90. The van der Waals surface area contributed by atoms with Crippen LogP contribution in [0, 0.1) is 0 Å². The molecule has 1 rings (SSSR count). The number of likely N-dealkylation sites (N-methyl/N-ethyl adjacent to an activating group) is 1.